The lowest BCUT2D eigenvalue weighted by Gasteiger charge is -2.37. The zero-order chi connectivity index (χ0) is 31.8. The fourth-order valence-corrected chi connectivity index (χ4v) is 6.62. The summed E-state index contributed by atoms with van der Waals surface area (Å²) in [6.07, 6.45) is 2.35. The van der Waals surface area contributed by atoms with Crippen molar-refractivity contribution in [1.29, 1.82) is 5.26 Å². The number of urea groups is 1. The third-order valence-electron chi connectivity index (χ3n) is 7.92. The quantitative estimate of drug-likeness (QED) is 0.261. The van der Waals surface area contributed by atoms with Gasteiger partial charge < -0.3 is 34.2 Å². The van der Waals surface area contributed by atoms with Crippen molar-refractivity contribution in [3.8, 4) is 17.6 Å². The van der Waals surface area contributed by atoms with Crippen molar-refractivity contribution in [2.24, 2.45) is 0 Å². The van der Waals surface area contributed by atoms with Gasteiger partial charge in [0.1, 0.15) is 5.56 Å². The summed E-state index contributed by atoms with van der Waals surface area (Å²) >= 11 is 0. The number of nitrogens with one attached hydrogen (secondary N) is 1. The second-order valence-corrected chi connectivity index (χ2v) is 12.4. The molecule has 45 heavy (non-hydrogen) atoms. The number of pyridine rings is 1. The van der Waals surface area contributed by atoms with Crippen LogP contribution in [0.5, 0.6) is 11.5 Å². The van der Waals surface area contributed by atoms with E-state index >= 15 is 0 Å². The zero-order valence-corrected chi connectivity index (χ0v) is 26.4. The smallest absolute Gasteiger partial charge is 0.341 e. The molecule has 1 aromatic heterocycles. The molecule has 0 aliphatic carbocycles. The second kappa shape index (κ2) is 15.0. The average Bonchev–Trinajstić information content (AvgIpc) is 3.07. The van der Waals surface area contributed by atoms with Gasteiger partial charge in [-0.25, -0.2) is 9.59 Å². The van der Waals surface area contributed by atoms with Crippen LogP contribution in [-0.4, -0.2) is 109 Å². The third-order valence-corrected chi connectivity index (χ3v) is 9.19. The number of rotatable bonds is 10. The number of nitriles is 1. The summed E-state index contributed by atoms with van der Waals surface area (Å²) in [7, 11) is 0.883. The number of piperazine rings is 1. The molecular formula is C32H38N6O6S. The fourth-order valence-electron chi connectivity index (χ4n) is 5.49. The van der Waals surface area contributed by atoms with Crippen molar-refractivity contribution in [3.05, 3.63) is 53.7 Å². The number of aromatic nitrogens is 1. The van der Waals surface area contributed by atoms with Gasteiger partial charge in [-0.2, -0.15) is 5.26 Å². The zero-order valence-electron chi connectivity index (χ0n) is 25.6. The van der Waals surface area contributed by atoms with Crippen LogP contribution in [0.25, 0.3) is 10.9 Å². The first-order valence-electron chi connectivity index (χ1n) is 15.1. The molecule has 2 saturated heterocycles. The Kier molecular flexibility index (Phi) is 10.7. The van der Waals surface area contributed by atoms with Crippen molar-refractivity contribution < 1.29 is 28.0 Å². The molecule has 3 aromatic rings. The van der Waals surface area contributed by atoms with Gasteiger partial charge in [0.2, 0.25) is 0 Å². The van der Waals surface area contributed by atoms with Crippen LogP contribution < -0.4 is 19.7 Å². The summed E-state index contributed by atoms with van der Waals surface area (Å²) in [4.78, 5) is 36.7. The number of carbonyl (C=O) groups is 2. The molecule has 0 spiro atoms. The Bertz CT molecular complexity index is 1580. The topological polar surface area (TPSA) is 137 Å². The Morgan fingerprint density at radius 3 is 2.44 bits per heavy atom. The van der Waals surface area contributed by atoms with Gasteiger partial charge in [-0.3, -0.25) is 9.19 Å². The van der Waals surface area contributed by atoms with Crippen LogP contribution >= 0.6 is 0 Å². The molecule has 0 atom stereocenters. The minimum Gasteiger partial charge on any atom is -0.493 e. The molecule has 2 aliphatic heterocycles. The maximum absolute atomic E-state index is 13.1. The van der Waals surface area contributed by atoms with Gasteiger partial charge >= 0.3 is 12.0 Å². The number of ether oxygens (including phenoxy) is 3. The lowest BCUT2D eigenvalue weighted by Crippen LogP contribution is -2.50. The molecule has 2 fully saturated rings. The number of amides is 2. The standard InChI is InChI=1S/C32H38N6O6S/c1-3-43-31(39)26-22-34-27-20-29(44-16-4-9-36-14-17-45(41)18-15-36)28(42-2)19-25(27)30(26)37-10-12-38(13-11-37)32(40)35-24-7-5-23(21-33)6-8-24/h5-8,19-20,22H,3-4,9-18H2,1-2H3,(H,35,40). The molecule has 0 saturated carbocycles. The number of benzene rings is 2. The summed E-state index contributed by atoms with van der Waals surface area (Å²) in [5.41, 5.74) is 2.80. The van der Waals surface area contributed by atoms with E-state index in [4.69, 9.17) is 19.5 Å². The molecule has 2 aromatic carbocycles. The van der Waals surface area contributed by atoms with Gasteiger partial charge in [0, 0.05) is 91.5 Å². The molecule has 3 heterocycles. The van der Waals surface area contributed by atoms with Crippen LogP contribution in [-0.2, 0) is 15.5 Å². The lowest BCUT2D eigenvalue weighted by molar-refractivity contribution is 0.0526. The molecule has 238 valence electrons. The van der Waals surface area contributed by atoms with Gasteiger partial charge in [-0.15, -0.1) is 0 Å². The fraction of sp³-hybridized carbons (Fsp3) is 0.438. The average molecular weight is 635 g/mol. The first kappa shape index (κ1) is 32.0. The number of anilines is 2. The Morgan fingerprint density at radius 2 is 1.78 bits per heavy atom. The van der Waals surface area contributed by atoms with E-state index in [1.165, 1.54) is 6.20 Å². The van der Waals surface area contributed by atoms with Crippen molar-refractivity contribution >= 4 is 45.1 Å². The van der Waals surface area contributed by atoms with E-state index < -0.39 is 16.8 Å². The number of hydrogen-bond acceptors (Lipinski definition) is 10. The second-order valence-electron chi connectivity index (χ2n) is 10.7. The van der Waals surface area contributed by atoms with E-state index in [-0.39, 0.29) is 12.6 Å². The highest BCUT2D eigenvalue weighted by Gasteiger charge is 2.28. The first-order valence-corrected chi connectivity index (χ1v) is 16.6. The van der Waals surface area contributed by atoms with Gasteiger partial charge in [0.15, 0.2) is 11.5 Å². The first-order chi connectivity index (χ1) is 21.9. The molecular weight excluding hydrogens is 596 g/mol. The predicted octanol–water partition coefficient (Wildman–Crippen LogP) is 3.48. The Labute approximate surface area is 265 Å². The number of fused-ring (bicyclic) bond motifs is 1. The highest BCUT2D eigenvalue weighted by atomic mass is 32.2. The third kappa shape index (κ3) is 7.82. The van der Waals surface area contributed by atoms with Crippen LogP contribution in [0.2, 0.25) is 0 Å². The molecule has 0 unspecified atom stereocenters. The normalized spacial score (nSPS) is 15.8. The van der Waals surface area contributed by atoms with Gasteiger partial charge in [-0.1, -0.05) is 0 Å². The molecule has 2 aliphatic rings. The van der Waals surface area contributed by atoms with Crippen LogP contribution in [0.1, 0.15) is 29.3 Å². The van der Waals surface area contributed by atoms with Gasteiger partial charge in [0.25, 0.3) is 0 Å². The van der Waals surface area contributed by atoms with Crippen molar-refractivity contribution in [2.75, 3.05) is 87.9 Å². The molecule has 13 heteroatoms. The number of hydrogen-bond donors (Lipinski definition) is 1. The summed E-state index contributed by atoms with van der Waals surface area (Å²) in [6, 6.07) is 12.2. The minimum atomic E-state index is -0.696. The minimum absolute atomic E-state index is 0.227. The Morgan fingerprint density at radius 1 is 1.04 bits per heavy atom. The molecule has 5 rings (SSSR count). The maximum atomic E-state index is 13.1. The van der Waals surface area contributed by atoms with E-state index in [2.05, 4.69) is 26.2 Å². The summed E-state index contributed by atoms with van der Waals surface area (Å²) in [6.45, 7) is 6.86. The Balaban J connectivity index is 1.31. The van der Waals surface area contributed by atoms with Gasteiger partial charge in [-0.05, 0) is 43.7 Å². The van der Waals surface area contributed by atoms with E-state index in [1.54, 1.807) is 43.2 Å². The highest BCUT2D eigenvalue weighted by Crippen LogP contribution is 2.38. The number of methoxy groups -OCH3 is 1. The van der Waals surface area contributed by atoms with E-state index in [9.17, 15) is 13.8 Å². The maximum Gasteiger partial charge on any atom is 0.341 e. The lowest BCUT2D eigenvalue weighted by atomic mass is 10.1. The largest absolute Gasteiger partial charge is 0.493 e. The van der Waals surface area contributed by atoms with Crippen LogP contribution in [0.15, 0.2) is 42.6 Å². The van der Waals surface area contributed by atoms with Crippen molar-refractivity contribution in [2.45, 2.75) is 13.3 Å². The number of nitrogens with zero attached hydrogens (tertiary/aromatic N) is 5. The molecule has 0 bridgehead atoms. The van der Waals surface area contributed by atoms with Crippen LogP contribution in [0.3, 0.4) is 0 Å². The van der Waals surface area contributed by atoms with E-state index in [0.717, 1.165) is 42.9 Å². The SMILES string of the molecule is CCOC(=O)c1cnc2cc(OCCCN3CCS(=O)CC3)c(OC)cc2c1N1CCN(C(=O)Nc2ccc(C#N)cc2)CC1. The molecule has 0 radical (unpaired) electrons. The molecule has 1 N–H and O–H groups in total. The number of carbonyl (C=O) groups excluding carboxylic acids is 2. The van der Waals surface area contributed by atoms with E-state index in [1.807, 2.05) is 12.1 Å². The van der Waals surface area contributed by atoms with Crippen LogP contribution in [0.4, 0.5) is 16.2 Å². The molecule has 12 nitrogen and oxygen atoms in total. The van der Waals surface area contributed by atoms with Crippen LogP contribution in [0, 0.1) is 11.3 Å². The van der Waals surface area contributed by atoms with E-state index in [0.29, 0.717) is 72.3 Å². The van der Waals surface area contributed by atoms with Crippen molar-refractivity contribution in [3.63, 3.8) is 0 Å². The molecule has 2 amide bonds. The monoisotopic (exact) mass is 634 g/mol. The summed E-state index contributed by atoms with van der Waals surface area (Å²) in [5, 5.41) is 12.6. The Hall–Kier alpha value is -4.41. The predicted molar refractivity (Wildman–Crippen MR) is 173 cm³/mol. The van der Waals surface area contributed by atoms with Gasteiger partial charge in [0.05, 0.1) is 43.2 Å². The summed E-state index contributed by atoms with van der Waals surface area (Å²) in [5.74, 6) is 2.07. The summed E-state index contributed by atoms with van der Waals surface area (Å²) < 4.78 is 28.8. The highest BCUT2D eigenvalue weighted by molar-refractivity contribution is 7.85. The van der Waals surface area contributed by atoms with Crippen molar-refractivity contribution in [1.82, 2.24) is 14.8 Å². The number of esters is 1.